The fourth-order valence-electron chi connectivity index (χ4n) is 3.68. The molecule has 4 aromatic heterocycles. The van der Waals surface area contributed by atoms with E-state index in [0.717, 1.165) is 6.29 Å². The van der Waals surface area contributed by atoms with E-state index in [0.29, 0.717) is 28.3 Å². The predicted octanol–water partition coefficient (Wildman–Crippen LogP) is 1.58. The fraction of sp³-hybridized carbons (Fsp3) is 0.150. The Morgan fingerprint density at radius 1 is 1.10 bits per heavy atom. The second kappa shape index (κ2) is 6.14. The number of hydrogen-bond donors (Lipinski definition) is 1. The van der Waals surface area contributed by atoms with Crippen LogP contribution < -0.4 is 11.4 Å². The Kier molecular flexibility index (Phi) is 3.66. The molecule has 150 valence electrons. The number of carbonyl (C=O) groups is 1. The summed E-state index contributed by atoms with van der Waals surface area (Å²) in [6.07, 6.45) is 2.24. The second-order valence-electron chi connectivity index (χ2n) is 7.10. The molecule has 0 amide bonds. The standard InChI is InChI=1S/C20H17N7O3/c1-20(11-28,12-7-4-3-5-8-12)26-16-14(25(2)19(26)29)17-22-15(13-9-6-10-30-13)24-27(17)18(21)23-16/h3-11H,1-2H3,(H2,21,23). The molecule has 10 nitrogen and oxygen atoms in total. The number of aryl methyl sites for hydroxylation is 1. The van der Waals surface area contributed by atoms with E-state index in [4.69, 9.17) is 10.2 Å². The van der Waals surface area contributed by atoms with Crippen LogP contribution in [0.4, 0.5) is 5.95 Å². The average molecular weight is 403 g/mol. The number of nitrogens with two attached hydrogens (primary N) is 1. The zero-order chi connectivity index (χ0) is 21.0. The monoisotopic (exact) mass is 403 g/mol. The molecule has 0 radical (unpaired) electrons. The second-order valence-corrected chi connectivity index (χ2v) is 7.10. The first-order valence-electron chi connectivity index (χ1n) is 9.15. The Hall–Kier alpha value is -4.21. The maximum atomic E-state index is 13.3. The molecule has 0 aliphatic rings. The van der Waals surface area contributed by atoms with Crippen molar-refractivity contribution in [2.45, 2.75) is 12.5 Å². The van der Waals surface area contributed by atoms with E-state index in [9.17, 15) is 9.59 Å². The van der Waals surface area contributed by atoms with Crippen LogP contribution in [0.2, 0.25) is 0 Å². The van der Waals surface area contributed by atoms with Crippen molar-refractivity contribution in [2.24, 2.45) is 7.05 Å². The van der Waals surface area contributed by atoms with Gasteiger partial charge >= 0.3 is 5.69 Å². The zero-order valence-corrected chi connectivity index (χ0v) is 16.2. The van der Waals surface area contributed by atoms with Crippen molar-refractivity contribution in [2.75, 3.05) is 5.73 Å². The molecule has 0 bridgehead atoms. The highest BCUT2D eigenvalue weighted by Gasteiger charge is 2.35. The maximum Gasteiger partial charge on any atom is 0.331 e. The number of furan rings is 1. The number of aldehydes is 1. The molecule has 30 heavy (non-hydrogen) atoms. The summed E-state index contributed by atoms with van der Waals surface area (Å²) in [6.45, 7) is 1.66. The van der Waals surface area contributed by atoms with Crippen LogP contribution in [0.1, 0.15) is 12.5 Å². The molecular weight excluding hydrogens is 386 g/mol. The van der Waals surface area contributed by atoms with Gasteiger partial charge in [-0.25, -0.2) is 9.78 Å². The molecular formula is C20H17N7O3. The summed E-state index contributed by atoms with van der Waals surface area (Å²) < 4.78 is 9.45. The molecule has 2 N–H and O–H groups in total. The molecule has 0 saturated carbocycles. The van der Waals surface area contributed by atoms with E-state index in [2.05, 4.69) is 15.1 Å². The Bertz CT molecular complexity index is 1460. The number of nitrogen functional groups attached to an aromatic ring is 1. The van der Waals surface area contributed by atoms with Gasteiger partial charge in [0.2, 0.25) is 11.8 Å². The summed E-state index contributed by atoms with van der Waals surface area (Å²) in [6, 6.07) is 12.5. The van der Waals surface area contributed by atoms with Gasteiger partial charge in [-0.3, -0.25) is 9.13 Å². The van der Waals surface area contributed by atoms with Gasteiger partial charge in [-0.05, 0) is 24.6 Å². The highest BCUT2D eigenvalue weighted by molar-refractivity contribution is 5.89. The summed E-state index contributed by atoms with van der Waals surface area (Å²) in [5.74, 6) is 0.795. The number of benzene rings is 1. The predicted molar refractivity (Wildman–Crippen MR) is 109 cm³/mol. The number of nitrogens with zero attached hydrogens (tertiary/aromatic N) is 6. The summed E-state index contributed by atoms with van der Waals surface area (Å²) in [4.78, 5) is 34.5. The molecule has 10 heteroatoms. The first kappa shape index (κ1) is 17.9. The lowest BCUT2D eigenvalue weighted by molar-refractivity contribution is -0.113. The van der Waals surface area contributed by atoms with Crippen molar-refractivity contribution in [1.29, 1.82) is 0 Å². The lowest BCUT2D eigenvalue weighted by atomic mass is 9.93. The van der Waals surface area contributed by atoms with Gasteiger partial charge in [-0.2, -0.15) is 9.50 Å². The number of fused-ring (bicyclic) bond motifs is 3. The van der Waals surface area contributed by atoms with Crippen molar-refractivity contribution in [1.82, 2.24) is 28.7 Å². The third kappa shape index (κ3) is 2.27. The number of imidazole rings is 1. The van der Waals surface area contributed by atoms with Gasteiger partial charge in [-0.1, -0.05) is 30.3 Å². The molecule has 5 aromatic rings. The lowest BCUT2D eigenvalue weighted by Gasteiger charge is -2.25. The third-order valence-corrected chi connectivity index (χ3v) is 5.29. The van der Waals surface area contributed by atoms with Gasteiger partial charge < -0.3 is 14.9 Å². The van der Waals surface area contributed by atoms with Crippen LogP contribution in [0.5, 0.6) is 0 Å². The number of hydrogen-bond acceptors (Lipinski definition) is 7. The number of anilines is 1. The summed E-state index contributed by atoms with van der Waals surface area (Å²) in [5.41, 5.74) is 6.06. The highest BCUT2D eigenvalue weighted by atomic mass is 16.3. The van der Waals surface area contributed by atoms with Crippen molar-refractivity contribution in [3.63, 3.8) is 0 Å². The molecule has 5 rings (SSSR count). The largest absolute Gasteiger partial charge is 0.461 e. The normalized spacial score (nSPS) is 13.7. The van der Waals surface area contributed by atoms with E-state index >= 15 is 0 Å². The van der Waals surface area contributed by atoms with Crippen LogP contribution in [0.25, 0.3) is 28.4 Å². The van der Waals surface area contributed by atoms with E-state index < -0.39 is 11.2 Å². The summed E-state index contributed by atoms with van der Waals surface area (Å²) in [7, 11) is 1.59. The van der Waals surface area contributed by atoms with Gasteiger partial charge in [0.25, 0.3) is 0 Å². The van der Waals surface area contributed by atoms with Gasteiger partial charge in [0.1, 0.15) is 17.3 Å². The van der Waals surface area contributed by atoms with Crippen LogP contribution in [-0.4, -0.2) is 35.0 Å². The molecule has 1 atom stereocenters. The van der Waals surface area contributed by atoms with Crippen LogP contribution >= 0.6 is 0 Å². The Morgan fingerprint density at radius 2 is 1.87 bits per heavy atom. The maximum absolute atomic E-state index is 13.3. The van der Waals surface area contributed by atoms with Crippen LogP contribution in [0, 0.1) is 0 Å². The van der Waals surface area contributed by atoms with E-state index in [1.165, 1.54) is 19.9 Å². The van der Waals surface area contributed by atoms with Crippen LogP contribution in [0.15, 0.2) is 57.9 Å². The number of rotatable bonds is 4. The molecule has 1 aromatic carbocycles. The first-order chi connectivity index (χ1) is 14.5. The minimum atomic E-state index is -1.29. The number of carbonyl (C=O) groups excluding carboxylic acids is 1. The zero-order valence-electron chi connectivity index (χ0n) is 16.2. The fourth-order valence-corrected chi connectivity index (χ4v) is 3.68. The number of aromatic nitrogens is 6. The minimum absolute atomic E-state index is 0.0310. The smallest absolute Gasteiger partial charge is 0.331 e. The Balaban J connectivity index is 1.89. The third-order valence-electron chi connectivity index (χ3n) is 5.29. The van der Waals surface area contributed by atoms with Crippen molar-refractivity contribution < 1.29 is 9.21 Å². The quantitative estimate of drug-likeness (QED) is 0.451. The molecule has 0 spiro atoms. The first-order valence-corrected chi connectivity index (χ1v) is 9.15. The van der Waals surface area contributed by atoms with E-state index in [1.54, 1.807) is 50.4 Å². The topological polar surface area (TPSA) is 126 Å². The van der Waals surface area contributed by atoms with E-state index in [-0.39, 0.29) is 11.6 Å². The minimum Gasteiger partial charge on any atom is -0.461 e. The van der Waals surface area contributed by atoms with Gasteiger partial charge in [0.05, 0.1) is 6.26 Å². The van der Waals surface area contributed by atoms with Crippen molar-refractivity contribution >= 4 is 29.0 Å². The molecule has 4 heterocycles. The van der Waals surface area contributed by atoms with Crippen molar-refractivity contribution in [3.8, 4) is 11.6 Å². The van der Waals surface area contributed by atoms with Gasteiger partial charge in [0.15, 0.2) is 17.1 Å². The highest BCUT2D eigenvalue weighted by Crippen LogP contribution is 2.29. The van der Waals surface area contributed by atoms with Gasteiger partial charge in [-0.15, -0.1) is 5.10 Å². The molecule has 0 saturated heterocycles. The van der Waals surface area contributed by atoms with E-state index in [1.807, 2.05) is 6.07 Å². The van der Waals surface area contributed by atoms with Gasteiger partial charge in [0, 0.05) is 7.05 Å². The SMILES string of the molecule is Cn1c(=O)n(C(C)(C=O)c2ccccc2)c2nc(N)n3nc(-c4ccco4)nc3c21. The lowest BCUT2D eigenvalue weighted by Crippen LogP contribution is -2.41. The Labute approximate surface area is 169 Å². The summed E-state index contributed by atoms with van der Waals surface area (Å²) in [5, 5.41) is 4.36. The Morgan fingerprint density at radius 3 is 2.53 bits per heavy atom. The summed E-state index contributed by atoms with van der Waals surface area (Å²) >= 11 is 0. The molecule has 1 unspecified atom stereocenters. The van der Waals surface area contributed by atoms with Crippen molar-refractivity contribution in [3.05, 3.63) is 64.8 Å². The van der Waals surface area contributed by atoms with Crippen LogP contribution in [-0.2, 0) is 17.4 Å². The average Bonchev–Trinajstić information content (AvgIpc) is 3.48. The van der Waals surface area contributed by atoms with Crippen LogP contribution in [0.3, 0.4) is 0 Å². The molecule has 0 aliphatic carbocycles. The molecule has 0 aliphatic heterocycles. The molecule has 0 fully saturated rings.